The van der Waals surface area contributed by atoms with Gasteiger partial charge in [0, 0.05) is 29.8 Å². The third kappa shape index (κ3) is 2.78. The van der Waals surface area contributed by atoms with E-state index in [-0.39, 0.29) is 17.2 Å². The van der Waals surface area contributed by atoms with Gasteiger partial charge in [-0.1, -0.05) is 19.1 Å². The van der Waals surface area contributed by atoms with E-state index in [2.05, 4.69) is 12.0 Å². The molecular formula is C16H17N3O2S. The number of thioether (sulfide) groups is 1. The molecule has 2 heterocycles. The molecule has 0 saturated carbocycles. The Bertz CT molecular complexity index is 772. The standard InChI is InChI=1S/C16H17N3O2S/c1-11-9-10-19(13-5-3-4-6-14(13)22-11)16(21)12-7-8-15(20)18(2)17-12/h3-8,11H,9-10H2,1-2H3/t11-/m0/s1. The van der Waals surface area contributed by atoms with Crippen LogP contribution >= 0.6 is 11.8 Å². The fourth-order valence-electron chi connectivity index (χ4n) is 2.45. The molecule has 114 valence electrons. The summed E-state index contributed by atoms with van der Waals surface area (Å²) in [6, 6.07) is 10.8. The highest BCUT2D eigenvalue weighted by molar-refractivity contribution is 8.00. The van der Waals surface area contributed by atoms with E-state index in [0.717, 1.165) is 17.0 Å². The van der Waals surface area contributed by atoms with Crippen molar-refractivity contribution in [2.75, 3.05) is 11.4 Å². The third-order valence-corrected chi connectivity index (χ3v) is 4.91. The van der Waals surface area contributed by atoms with Gasteiger partial charge in [-0.2, -0.15) is 5.10 Å². The average molecular weight is 315 g/mol. The van der Waals surface area contributed by atoms with Gasteiger partial charge in [-0.15, -0.1) is 11.8 Å². The van der Waals surface area contributed by atoms with Gasteiger partial charge in [0.1, 0.15) is 5.69 Å². The smallest absolute Gasteiger partial charge is 0.278 e. The average Bonchev–Trinajstić information content (AvgIpc) is 2.67. The van der Waals surface area contributed by atoms with Gasteiger partial charge in [0.15, 0.2) is 0 Å². The number of para-hydroxylation sites is 1. The molecule has 1 aliphatic heterocycles. The van der Waals surface area contributed by atoms with Crippen LogP contribution in [-0.2, 0) is 7.05 Å². The summed E-state index contributed by atoms with van der Waals surface area (Å²) >= 11 is 1.79. The van der Waals surface area contributed by atoms with Crippen LogP contribution in [0.1, 0.15) is 23.8 Å². The Kier molecular flexibility index (Phi) is 4.02. The van der Waals surface area contributed by atoms with Crippen LogP contribution in [0.3, 0.4) is 0 Å². The first-order chi connectivity index (χ1) is 10.6. The molecule has 0 spiro atoms. The molecule has 1 amide bonds. The minimum atomic E-state index is -0.225. The van der Waals surface area contributed by atoms with E-state index in [1.54, 1.807) is 23.7 Å². The zero-order valence-corrected chi connectivity index (χ0v) is 13.3. The number of aromatic nitrogens is 2. The molecule has 0 aliphatic carbocycles. The van der Waals surface area contributed by atoms with Gasteiger partial charge >= 0.3 is 0 Å². The summed E-state index contributed by atoms with van der Waals surface area (Å²) in [5.74, 6) is -0.169. The number of fused-ring (bicyclic) bond motifs is 1. The molecule has 22 heavy (non-hydrogen) atoms. The van der Waals surface area contributed by atoms with E-state index >= 15 is 0 Å². The second-order valence-corrected chi connectivity index (χ2v) is 6.80. The zero-order chi connectivity index (χ0) is 15.7. The molecule has 0 fully saturated rings. The first-order valence-electron chi connectivity index (χ1n) is 7.18. The van der Waals surface area contributed by atoms with Crippen LogP contribution in [0.5, 0.6) is 0 Å². The summed E-state index contributed by atoms with van der Waals surface area (Å²) in [5, 5.41) is 4.53. The van der Waals surface area contributed by atoms with Crippen molar-refractivity contribution >= 4 is 23.4 Å². The van der Waals surface area contributed by atoms with Gasteiger partial charge in [0.25, 0.3) is 11.5 Å². The maximum absolute atomic E-state index is 12.8. The first kappa shape index (κ1) is 14.8. The van der Waals surface area contributed by atoms with Crippen molar-refractivity contribution in [2.45, 2.75) is 23.5 Å². The second kappa shape index (κ2) is 5.96. The molecule has 0 N–H and O–H groups in total. The van der Waals surface area contributed by atoms with Crippen molar-refractivity contribution in [1.82, 2.24) is 9.78 Å². The summed E-state index contributed by atoms with van der Waals surface area (Å²) in [7, 11) is 1.55. The minimum absolute atomic E-state index is 0.169. The summed E-state index contributed by atoms with van der Waals surface area (Å²) in [6.45, 7) is 2.81. The monoisotopic (exact) mass is 315 g/mol. The Labute approximate surface area is 132 Å². The number of nitrogens with zero attached hydrogens (tertiary/aromatic N) is 3. The van der Waals surface area contributed by atoms with Gasteiger partial charge in [0.2, 0.25) is 0 Å². The third-order valence-electron chi connectivity index (χ3n) is 3.67. The predicted molar refractivity (Wildman–Crippen MR) is 87.5 cm³/mol. The number of benzene rings is 1. The summed E-state index contributed by atoms with van der Waals surface area (Å²) < 4.78 is 1.19. The molecule has 1 aromatic heterocycles. The number of hydrogen-bond donors (Lipinski definition) is 0. The molecular weight excluding hydrogens is 298 g/mol. The van der Waals surface area contributed by atoms with Gasteiger partial charge in [-0.3, -0.25) is 9.59 Å². The molecule has 2 aromatic rings. The second-order valence-electron chi connectivity index (χ2n) is 5.32. The Hall–Kier alpha value is -2.08. The van der Waals surface area contributed by atoms with E-state index in [1.807, 2.05) is 24.3 Å². The Morgan fingerprint density at radius 3 is 2.82 bits per heavy atom. The number of anilines is 1. The maximum atomic E-state index is 12.8. The van der Waals surface area contributed by atoms with E-state index in [0.29, 0.717) is 11.8 Å². The van der Waals surface area contributed by atoms with Crippen LogP contribution in [0.25, 0.3) is 0 Å². The topological polar surface area (TPSA) is 55.2 Å². The van der Waals surface area contributed by atoms with Gasteiger partial charge in [0.05, 0.1) is 5.69 Å². The van der Waals surface area contributed by atoms with E-state index in [1.165, 1.54) is 16.8 Å². The molecule has 0 bridgehead atoms. The zero-order valence-electron chi connectivity index (χ0n) is 12.5. The summed E-state index contributed by atoms with van der Waals surface area (Å²) in [6.07, 6.45) is 0.914. The number of aryl methyl sites for hydroxylation is 1. The van der Waals surface area contributed by atoms with Crippen molar-refractivity contribution in [1.29, 1.82) is 0 Å². The summed E-state index contributed by atoms with van der Waals surface area (Å²) in [5.41, 5.74) is 0.978. The fraction of sp³-hybridized carbons (Fsp3) is 0.312. The molecule has 1 aromatic carbocycles. The summed E-state index contributed by atoms with van der Waals surface area (Å²) in [4.78, 5) is 27.1. The normalized spacial score (nSPS) is 17.7. The molecule has 1 atom stereocenters. The lowest BCUT2D eigenvalue weighted by molar-refractivity contribution is 0.0979. The lowest BCUT2D eigenvalue weighted by Crippen LogP contribution is -2.34. The van der Waals surface area contributed by atoms with Gasteiger partial charge in [-0.25, -0.2) is 4.68 Å². The molecule has 6 heteroatoms. The van der Waals surface area contributed by atoms with Gasteiger partial charge < -0.3 is 4.90 Å². The minimum Gasteiger partial charge on any atom is -0.306 e. The molecule has 0 unspecified atom stereocenters. The predicted octanol–water partition coefficient (Wildman–Crippen LogP) is 2.31. The number of amides is 1. The highest BCUT2D eigenvalue weighted by Crippen LogP contribution is 2.37. The van der Waals surface area contributed by atoms with Crippen LogP contribution < -0.4 is 10.5 Å². The van der Waals surface area contributed by atoms with Gasteiger partial charge in [-0.05, 0) is 24.6 Å². The molecule has 3 rings (SSSR count). The SMILES string of the molecule is C[C@H]1CCN(C(=O)c2ccc(=O)n(C)n2)c2ccccc2S1. The number of carbonyl (C=O) groups is 1. The van der Waals surface area contributed by atoms with E-state index in [4.69, 9.17) is 0 Å². The fourth-order valence-corrected chi connectivity index (χ4v) is 3.57. The van der Waals surface area contributed by atoms with Crippen LogP contribution in [0.4, 0.5) is 5.69 Å². The van der Waals surface area contributed by atoms with Crippen molar-refractivity contribution < 1.29 is 4.79 Å². The van der Waals surface area contributed by atoms with Crippen LogP contribution in [0.15, 0.2) is 46.1 Å². The molecule has 0 saturated heterocycles. The Morgan fingerprint density at radius 2 is 2.05 bits per heavy atom. The van der Waals surface area contributed by atoms with E-state index in [9.17, 15) is 9.59 Å². The number of rotatable bonds is 1. The van der Waals surface area contributed by atoms with E-state index < -0.39 is 0 Å². The molecule has 5 nitrogen and oxygen atoms in total. The van der Waals surface area contributed by atoms with Crippen molar-refractivity contribution in [3.63, 3.8) is 0 Å². The number of hydrogen-bond acceptors (Lipinski definition) is 4. The largest absolute Gasteiger partial charge is 0.306 e. The van der Waals surface area contributed by atoms with Crippen molar-refractivity contribution in [2.24, 2.45) is 7.05 Å². The van der Waals surface area contributed by atoms with Crippen molar-refractivity contribution in [3.8, 4) is 0 Å². The molecule has 0 radical (unpaired) electrons. The first-order valence-corrected chi connectivity index (χ1v) is 8.06. The highest BCUT2D eigenvalue weighted by atomic mass is 32.2. The lowest BCUT2D eigenvalue weighted by Gasteiger charge is -2.22. The lowest BCUT2D eigenvalue weighted by atomic mass is 10.2. The quantitative estimate of drug-likeness (QED) is 0.810. The van der Waals surface area contributed by atoms with Crippen molar-refractivity contribution in [3.05, 3.63) is 52.4 Å². The Balaban J connectivity index is 2.01. The van der Waals surface area contributed by atoms with Crippen LogP contribution in [-0.4, -0.2) is 27.5 Å². The Morgan fingerprint density at radius 1 is 1.27 bits per heavy atom. The number of carbonyl (C=O) groups excluding carboxylic acids is 1. The molecule has 1 aliphatic rings. The maximum Gasteiger partial charge on any atom is 0.278 e. The van der Waals surface area contributed by atoms with Crippen LogP contribution in [0, 0.1) is 0 Å². The van der Waals surface area contributed by atoms with Crippen LogP contribution in [0.2, 0.25) is 0 Å². The highest BCUT2D eigenvalue weighted by Gasteiger charge is 2.25.